The molecule has 2 N–H and O–H groups in total. The third kappa shape index (κ3) is 4.89. The predicted molar refractivity (Wildman–Crippen MR) is 69.6 cm³/mol. The summed E-state index contributed by atoms with van der Waals surface area (Å²) in [6.45, 7) is -1.25. The van der Waals surface area contributed by atoms with Crippen LogP contribution < -0.4 is 10.2 Å². The number of benzene rings is 1. The van der Waals surface area contributed by atoms with Crippen molar-refractivity contribution in [3.05, 3.63) is 28.8 Å². The first-order valence-electron chi connectivity index (χ1n) is 5.73. The van der Waals surface area contributed by atoms with Crippen molar-refractivity contribution in [1.29, 1.82) is 0 Å². The fraction of sp³-hybridized carbons (Fsp3) is 0.500. The topological polar surface area (TPSA) is 35.5 Å². The number of nitrogens with one attached hydrogen (secondary N) is 1. The maximum Gasteiger partial charge on any atom is 0.405 e. The number of aliphatic hydroxyl groups is 1. The van der Waals surface area contributed by atoms with E-state index in [1.807, 2.05) is 0 Å². The molecule has 19 heavy (non-hydrogen) atoms. The highest BCUT2D eigenvalue weighted by molar-refractivity contribution is 6.33. The van der Waals surface area contributed by atoms with Crippen LogP contribution in [-0.2, 0) is 6.54 Å². The standard InChI is InChI=1S/C12H16ClF3N2O/c1-17-7-9-3-2-4-10(13)11(9)18(5-6-19)8-12(14,15)16/h2-4,17,19H,5-8H2,1H3. The van der Waals surface area contributed by atoms with E-state index in [0.717, 1.165) is 4.90 Å². The van der Waals surface area contributed by atoms with Crippen LogP contribution in [0.15, 0.2) is 18.2 Å². The van der Waals surface area contributed by atoms with Gasteiger partial charge in [-0.2, -0.15) is 13.2 Å². The minimum atomic E-state index is -4.36. The van der Waals surface area contributed by atoms with Gasteiger partial charge in [0, 0.05) is 13.1 Å². The molecular weight excluding hydrogens is 281 g/mol. The van der Waals surface area contributed by atoms with Crippen molar-refractivity contribution in [2.24, 2.45) is 0 Å². The normalized spacial score (nSPS) is 11.7. The summed E-state index contributed by atoms with van der Waals surface area (Å²) in [5.74, 6) is 0. The lowest BCUT2D eigenvalue weighted by molar-refractivity contribution is -0.119. The summed E-state index contributed by atoms with van der Waals surface area (Å²) < 4.78 is 37.7. The van der Waals surface area contributed by atoms with Crippen LogP contribution in [0.5, 0.6) is 0 Å². The van der Waals surface area contributed by atoms with E-state index in [-0.39, 0.29) is 18.2 Å². The second-order valence-corrected chi connectivity index (χ2v) is 4.45. The molecule has 0 aliphatic rings. The van der Waals surface area contributed by atoms with Crippen molar-refractivity contribution in [3.8, 4) is 0 Å². The van der Waals surface area contributed by atoms with E-state index in [1.54, 1.807) is 19.2 Å². The first-order valence-corrected chi connectivity index (χ1v) is 6.11. The Balaban J connectivity index is 3.13. The van der Waals surface area contributed by atoms with Gasteiger partial charge in [0.25, 0.3) is 0 Å². The molecule has 108 valence electrons. The first-order chi connectivity index (χ1) is 8.89. The van der Waals surface area contributed by atoms with Crippen LogP contribution in [0.25, 0.3) is 0 Å². The Morgan fingerprint density at radius 1 is 1.37 bits per heavy atom. The molecule has 0 bridgehead atoms. The van der Waals surface area contributed by atoms with Gasteiger partial charge in [-0.25, -0.2) is 0 Å². The SMILES string of the molecule is CNCc1cccc(Cl)c1N(CCO)CC(F)(F)F. The first kappa shape index (κ1) is 16.1. The number of para-hydroxylation sites is 1. The Hall–Kier alpha value is -0.980. The molecule has 0 unspecified atom stereocenters. The molecule has 0 saturated carbocycles. The third-order valence-electron chi connectivity index (χ3n) is 2.49. The largest absolute Gasteiger partial charge is 0.405 e. The fourth-order valence-corrected chi connectivity index (χ4v) is 2.17. The average molecular weight is 297 g/mol. The van der Waals surface area contributed by atoms with Gasteiger partial charge in [0.1, 0.15) is 6.54 Å². The lowest BCUT2D eigenvalue weighted by Gasteiger charge is -2.28. The molecule has 0 amide bonds. The van der Waals surface area contributed by atoms with Crippen molar-refractivity contribution in [2.75, 3.05) is 31.6 Å². The van der Waals surface area contributed by atoms with Crippen LogP contribution >= 0.6 is 11.6 Å². The summed E-state index contributed by atoms with van der Waals surface area (Å²) in [7, 11) is 1.70. The smallest absolute Gasteiger partial charge is 0.395 e. The van der Waals surface area contributed by atoms with Crippen LogP contribution in [0.2, 0.25) is 5.02 Å². The van der Waals surface area contributed by atoms with Crippen molar-refractivity contribution in [2.45, 2.75) is 12.7 Å². The van der Waals surface area contributed by atoms with Gasteiger partial charge < -0.3 is 15.3 Å². The molecule has 0 atom stereocenters. The molecule has 0 aliphatic heterocycles. The molecule has 0 aromatic heterocycles. The molecule has 7 heteroatoms. The molecule has 1 rings (SSSR count). The highest BCUT2D eigenvalue weighted by Crippen LogP contribution is 2.32. The monoisotopic (exact) mass is 296 g/mol. The van der Waals surface area contributed by atoms with Crippen LogP contribution in [-0.4, -0.2) is 38.0 Å². The minimum absolute atomic E-state index is 0.125. The number of nitrogens with zero attached hydrogens (tertiary/aromatic N) is 1. The van der Waals surface area contributed by atoms with Crippen molar-refractivity contribution in [1.82, 2.24) is 5.32 Å². The van der Waals surface area contributed by atoms with E-state index in [0.29, 0.717) is 17.8 Å². The maximum absolute atomic E-state index is 12.6. The number of anilines is 1. The summed E-state index contributed by atoms with van der Waals surface area (Å²) in [5.41, 5.74) is 0.970. The number of alkyl halides is 3. The van der Waals surface area contributed by atoms with E-state index in [9.17, 15) is 13.2 Å². The highest BCUT2D eigenvalue weighted by Gasteiger charge is 2.32. The van der Waals surface area contributed by atoms with E-state index >= 15 is 0 Å². The Morgan fingerprint density at radius 2 is 2.05 bits per heavy atom. The van der Waals surface area contributed by atoms with E-state index < -0.39 is 12.7 Å². The number of halogens is 4. The van der Waals surface area contributed by atoms with E-state index in [1.165, 1.54) is 6.07 Å². The van der Waals surface area contributed by atoms with Crippen LogP contribution in [0.1, 0.15) is 5.56 Å². The Labute approximate surface area is 115 Å². The quantitative estimate of drug-likeness (QED) is 0.846. The zero-order valence-electron chi connectivity index (χ0n) is 10.5. The predicted octanol–water partition coefficient (Wildman–Crippen LogP) is 2.42. The summed E-state index contributed by atoms with van der Waals surface area (Å²) in [5, 5.41) is 12.1. The Morgan fingerprint density at radius 3 is 2.58 bits per heavy atom. The van der Waals surface area contributed by atoms with Gasteiger partial charge in [-0.1, -0.05) is 23.7 Å². The van der Waals surface area contributed by atoms with Gasteiger partial charge in [-0.3, -0.25) is 0 Å². The molecule has 0 spiro atoms. The molecule has 0 fully saturated rings. The van der Waals surface area contributed by atoms with Gasteiger partial charge in [0.05, 0.1) is 17.3 Å². The van der Waals surface area contributed by atoms with E-state index in [4.69, 9.17) is 16.7 Å². The molecule has 3 nitrogen and oxygen atoms in total. The van der Waals surface area contributed by atoms with Gasteiger partial charge >= 0.3 is 6.18 Å². The molecule has 1 aromatic carbocycles. The van der Waals surface area contributed by atoms with Gasteiger partial charge in [0.15, 0.2) is 0 Å². The molecule has 0 saturated heterocycles. The Bertz CT molecular complexity index is 412. The number of hydrogen-bond acceptors (Lipinski definition) is 3. The second kappa shape index (κ2) is 6.98. The lowest BCUT2D eigenvalue weighted by Crippen LogP contribution is -2.37. The number of aliphatic hydroxyl groups excluding tert-OH is 1. The molecule has 0 aliphatic carbocycles. The summed E-state index contributed by atoms with van der Waals surface area (Å²) in [4.78, 5) is 1.05. The maximum atomic E-state index is 12.6. The molecule has 1 aromatic rings. The van der Waals surface area contributed by atoms with Crippen LogP contribution in [0.4, 0.5) is 18.9 Å². The van der Waals surface area contributed by atoms with Gasteiger partial charge in [-0.15, -0.1) is 0 Å². The van der Waals surface area contributed by atoms with Gasteiger partial charge in [0.2, 0.25) is 0 Å². The highest BCUT2D eigenvalue weighted by atomic mass is 35.5. The Kier molecular flexibility index (Phi) is 5.90. The third-order valence-corrected chi connectivity index (χ3v) is 2.80. The molecule has 0 heterocycles. The summed E-state index contributed by atoms with van der Waals surface area (Å²) in [6, 6.07) is 4.93. The molecule has 0 radical (unpaired) electrons. The van der Waals surface area contributed by atoms with Crippen LogP contribution in [0, 0.1) is 0 Å². The number of hydrogen-bond donors (Lipinski definition) is 2. The second-order valence-electron chi connectivity index (χ2n) is 4.04. The van der Waals surface area contributed by atoms with E-state index in [2.05, 4.69) is 5.32 Å². The van der Waals surface area contributed by atoms with Crippen LogP contribution in [0.3, 0.4) is 0 Å². The lowest BCUT2D eigenvalue weighted by atomic mass is 10.1. The van der Waals surface area contributed by atoms with Gasteiger partial charge in [-0.05, 0) is 18.7 Å². The minimum Gasteiger partial charge on any atom is -0.395 e. The zero-order valence-corrected chi connectivity index (χ0v) is 11.2. The summed E-state index contributed by atoms with van der Waals surface area (Å²) >= 11 is 6.01. The summed E-state index contributed by atoms with van der Waals surface area (Å²) in [6.07, 6.45) is -4.36. The number of rotatable bonds is 6. The average Bonchev–Trinajstić information content (AvgIpc) is 2.27. The fourth-order valence-electron chi connectivity index (χ4n) is 1.85. The zero-order chi connectivity index (χ0) is 14.5. The van der Waals surface area contributed by atoms with Crippen molar-refractivity contribution < 1.29 is 18.3 Å². The van der Waals surface area contributed by atoms with Crippen molar-refractivity contribution >= 4 is 17.3 Å². The van der Waals surface area contributed by atoms with Crippen molar-refractivity contribution in [3.63, 3.8) is 0 Å². The molecular formula is C12H16ClF3N2O.